The number of benzene rings is 2. The zero-order valence-electron chi connectivity index (χ0n) is 15.6. The van der Waals surface area contributed by atoms with E-state index in [0.717, 1.165) is 30.6 Å². The molecule has 0 N–H and O–H groups in total. The molecule has 3 heteroatoms. The molecule has 2 nitrogen and oxygen atoms in total. The molecule has 128 valence electrons. The van der Waals surface area contributed by atoms with E-state index >= 15 is 0 Å². The maximum Gasteiger partial charge on any atom is 0.126 e. The molecule has 3 rings (SSSR count). The van der Waals surface area contributed by atoms with Crippen molar-refractivity contribution < 1.29 is 9.47 Å². The molecule has 0 bridgehead atoms. The summed E-state index contributed by atoms with van der Waals surface area (Å²) < 4.78 is 12.4. The Morgan fingerprint density at radius 1 is 0.667 bits per heavy atom. The van der Waals surface area contributed by atoms with E-state index in [2.05, 4.69) is 53.7 Å². The van der Waals surface area contributed by atoms with E-state index in [1.807, 2.05) is 0 Å². The summed E-state index contributed by atoms with van der Waals surface area (Å²) in [4.78, 5) is 0. The van der Waals surface area contributed by atoms with Crippen LogP contribution in [0.15, 0.2) is 12.1 Å². The van der Waals surface area contributed by atoms with Gasteiger partial charge in [0.15, 0.2) is 0 Å². The molecule has 0 saturated heterocycles. The van der Waals surface area contributed by atoms with Crippen LogP contribution in [0.1, 0.15) is 44.5 Å². The van der Waals surface area contributed by atoms with E-state index in [9.17, 15) is 0 Å². The Morgan fingerprint density at radius 2 is 1.08 bits per heavy atom. The Kier molecular flexibility index (Phi) is 4.88. The summed E-state index contributed by atoms with van der Waals surface area (Å²) in [6.07, 6.45) is 2.33. The maximum absolute atomic E-state index is 6.18. The van der Waals surface area contributed by atoms with Crippen molar-refractivity contribution in [2.45, 2.75) is 48.0 Å². The third-order valence-electron chi connectivity index (χ3n) is 5.21. The van der Waals surface area contributed by atoms with E-state index in [4.69, 9.17) is 9.47 Å². The van der Waals surface area contributed by atoms with Crippen LogP contribution in [0.2, 0.25) is 0 Å². The summed E-state index contributed by atoms with van der Waals surface area (Å²) in [5.74, 6) is 2.16. The summed E-state index contributed by atoms with van der Waals surface area (Å²) in [5, 5.41) is 0. The maximum atomic E-state index is 6.18. The van der Waals surface area contributed by atoms with Gasteiger partial charge in [0.25, 0.3) is 0 Å². The van der Waals surface area contributed by atoms with Gasteiger partial charge in [-0.15, -0.1) is 0 Å². The Balaban J connectivity index is 2.25. The minimum absolute atomic E-state index is 0.643. The van der Waals surface area contributed by atoms with Crippen molar-refractivity contribution in [3.63, 3.8) is 0 Å². The molecule has 0 aliphatic carbocycles. The van der Waals surface area contributed by atoms with Crippen LogP contribution in [0.3, 0.4) is 0 Å². The molecule has 0 spiro atoms. The number of fused-ring (bicyclic) bond motifs is 2. The molecule has 24 heavy (non-hydrogen) atoms. The van der Waals surface area contributed by atoms with Gasteiger partial charge >= 0.3 is 0 Å². The number of ether oxygens (including phenoxy) is 2. The Bertz CT molecular complexity index is 728. The van der Waals surface area contributed by atoms with E-state index in [-0.39, 0.29) is 0 Å². The summed E-state index contributed by atoms with van der Waals surface area (Å²) in [6.45, 7) is 13.1. The summed E-state index contributed by atoms with van der Waals surface area (Å²) >= 11 is 0. The van der Waals surface area contributed by atoms with Gasteiger partial charge in [-0.3, -0.25) is 0 Å². The first-order valence-electron chi connectivity index (χ1n) is 8.55. The highest BCUT2D eigenvalue weighted by Gasteiger charge is 2.20. The highest BCUT2D eigenvalue weighted by Crippen LogP contribution is 2.38. The number of hydrogen-bond acceptors (Lipinski definition) is 2. The molecule has 0 unspecified atom stereocenters. The molecule has 0 amide bonds. The van der Waals surface area contributed by atoms with Gasteiger partial charge in [-0.25, -0.2) is 0 Å². The third-order valence-corrected chi connectivity index (χ3v) is 5.91. The van der Waals surface area contributed by atoms with Gasteiger partial charge in [-0.1, -0.05) is 12.1 Å². The van der Waals surface area contributed by atoms with Crippen molar-refractivity contribution in [1.82, 2.24) is 0 Å². The molecule has 2 aromatic carbocycles. The second kappa shape index (κ2) is 6.76. The predicted octanol–water partition coefficient (Wildman–Crippen LogP) is 5.49. The number of hydrogen-bond donors (Lipinski definition) is 0. The Hall–Kier alpha value is -1.53. The van der Waals surface area contributed by atoms with Crippen molar-refractivity contribution >= 4 is 8.58 Å². The van der Waals surface area contributed by atoms with Gasteiger partial charge in [0.05, 0.1) is 0 Å². The van der Waals surface area contributed by atoms with Gasteiger partial charge in [0, 0.05) is 17.5 Å². The summed E-state index contributed by atoms with van der Waals surface area (Å²) in [6, 6.07) is 4.49. The minimum Gasteiger partial charge on any atom is -0.489 e. The average Bonchev–Trinajstić information content (AvgIpc) is 2.54. The van der Waals surface area contributed by atoms with Crippen LogP contribution in [-0.2, 0) is 6.42 Å². The zero-order valence-corrected chi connectivity index (χ0v) is 16.6. The molecular formula is C21H27O2P. The molecule has 0 saturated carbocycles. The number of rotatable bonds is 0. The lowest BCUT2D eigenvalue weighted by Gasteiger charge is -2.24. The van der Waals surface area contributed by atoms with Crippen LogP contribution in [0.4, 0.5) is 0 Å². The molecule has 1 heterocycles. The minimum atomic E-state index is 0.643. The van der Waals surface area contributed by atoms with Gasteiger partial charge in [-0.05, 0) is 83.5 Å². The Labute approximate surface area is 147 Å². The van der Waals surface area contributed by atoms with Gasteiger partial charge < -0.3 is 9.47 Å². The SMILES string of the molecule is Cc1cc(C)c2c(c1C)Cc1c(C)c(C)cc(C)c1OCPCO2. The molecule has 1 aliphatic heterocycles. The molecule has 0 radical (unpaired) electrons. The first-order chi connectivity index (χ1) is 11.4. The Morgan fingerprint density at radius 3 is 1.50 bits per heavy atom. The fourth-order valence-corrected chi connectivity index (χ4v) is 4.16. The average molecular weight is 342 g/mol. The number of aryl methyl sites for hydroxylation is 4. The van der Waals surface area contributed by atoms with Crippen LogP contribution in [0, 0.1) is 41.5 Å². The van der Waals surface area contributed by atoms with E-state index < -0.39 is 0 Å². The lowest BCUT2D eigenvalue weighted by atomic mass is 9.89. The largest absolute Gasteiger partial charge is 0.489 e. The van der Waals surface area contributed by atoms with Crippen molar-refractivity contribution in [3.8, 4) is 11.5 Å². The first kappa shape index (κ1) is 17.3. The van der Waals surface area contributed by atoms with E-state index in [1.165, 1.54) is 44.5 Å². The quantitative estimate of drug-likeness (QED) is 0.589. The molecule has 0 fully saturated rings. The van der Waals surface area contributed by atoms with Crippen LogP contribution >= 0.6 is 8.58 Å². The molecular weight excluding hydrogens is 315 g/mol. The fraction of sp³-hybridized carbons (Fsp3) is 0.429. The fourth-order valence-electron chi connectivity index (χ4n) is 3.58. The van der Waals surface area contributed by atoms with Crippen LogP contribution in [0.5, 0.6) is 11.5 Å². The lowest BCUT2D eigenvalue weighted by molar-refractivity contribution is 0.357. The highest BCUT2D eigenvalue weighted by molar-refractivity contribution is 7.37. The smallest absolute Gasteiger partial charge is 0.126 e. The van der Waals surface area contributed by atoms with Crippen molar-refractivity contribution in [1.29, 1.82) is 0 Å². The van der Waals surface area contributed by atoms with Crippen molar-refractivity contribution in [3.05, 3.63) is 56.6 Å². The predicted molar refractivity (Wildman–Crippen MR) is 103 cm³/mol. The highest BCUT2D eigenvalue weighted by atomic mass is 31.1. The lowest BCUT2D eigenvalue weighted by Crippen LogP contribution is -2.10. The molecule has 1 aliphatic rings. The monoisotopic (exact) mass is 342 g/mol. The standard InChI is InChI=1S/C21H27O2P/c1-12-7-14(3)20-18(16(12)5)9-19-17(6)13(2)8-15(4)21(19)23-11-24-10-22-20/h7-8,24H,9-11H2,1-6H3. The zero-order chi connectivity index (χ0) is 17.4. The van der Waals surface area contributed by atoms with Gasteiger partial charge in [0.2, 0.25) is 0 Å². The van der Waals surface area contributed by atoms with Gasteiger partial charge in [-0.2, -0.15) is 0 Å². The summed E-state index contributed by atoms with van der Waals surface area (Å²) in [7, 11) is 0.643. The van der Waals surface area contributed by atoms with E-state index in [1.54, 1.807) is 0 Å². The van der Waals surface area contributed by atoms with Crippen LogP contribution in [-0.4, -0.2) is 12.7 Å². The van der Waals surface area contributed by atoms with Crippen molar-refractivity contribution in [2.75, 3.05) is 12.7 Å². The first-order valence-corrected chi connectivity index (χ1v) is 9.97. The topological polar surface area (TPSA) is 18.5 Å². The molecule has 0 atom stereocenters. The normalized spacial score (nSPS) is 14.2. The molecule has 0 aromatic heterocycles. The van der Waals surface area contributed by atoms with E-state index in [0.29, 0.717) is 8.58 Å². The molecule has 2 aromatic rings. The van der Waals surface area contributed by atoms with Crippen LogP contribution in [0.25, 0.3) is 0 Å². The summed E-state index contributed by atoms with van der Waals surface area (Å²) in [5.41, 5.74) is 10.4. The second-order valence-electron chi connectivity index (χ2n) is 6.89. The third kappa shape index (κ3) is 3.05. The van der Waals surface area contributed by atoms with Gasteiger partial charge in [0.1, 0.15) is 24.2 Å². The second-order valence-corrected chi connectivity index (χ2v) is 7.97. The van der Waals surface area contributed by atoms with Crippen molar-refractivity contribution in [2.24, 2.45) is 0 Å². The van der Waals surface area contributed by atoms with Crippen LogP contribution < -0.4 is 9.47 Å².